The number of nitrogens with zero attached hydrogens (tertiary/aromatic N) is 1. The van der Waals surface area contributed by atoms with Gasteiger partial charge in [0.1, 0.15) is 5.67 Å². The van der Waals surface area contributed by atoms with Gasteiger partial charge in [0.2, 0.25) is 6.08 Å². The van der Waals surface area contributed by atoms with E-state index in [9.17, 15) is 9.18 Å². The summed E-state index contributed by atoms with van der Waals surface area (Å²) < 4.78 is 12.7. The number of halogens is 1. The van der Waals surface area contributed by atoms with Crippen LogP contribution < -0.4 is 0 Å². The highest BCUT2D eigenvalue weighted by molar-refractivity contribution is 5.32. The van der Waals surface area contributed by atoms with Crippen molar-refractivity contribution in [1.82, 2.24) is 0 Å². The van der Waals surface area contributed by atoms with Crippen LogP contribution in [0, 0.1) is 0 Å². The van der Waals surface area contributed by atoms with Crippen LogP contribution in [0.15, 0.2) is 4.99 Å². The van der Waals surface area contributed by atoms with E-state index < -0.39 is 5.67 Å². The van der Waals surface area contributed by atoms with E-state index in [-0.39, 0.29) is 0 Å². The maximum atomic E-state index is 12.7. The van der Waals surface area contributed by atoms with Crippen molar-refractivity contribution in [3.05, 3.63) is 0 Å². The minimum absolute atomic E-state index is 0.386. The van der Waals surface area contributed by atoms with Gasteiger partial charge in [0, 0.05) is 0 Å². The summed E-state index contributed by atoms with van der Waals surface area (Å²) >= 11 is 0. The highest BCUT2D eigenvalue weighted by atomic mass is 19.1. The van der Waals surface area contributed by atoms with Gasteiger partial charge in [-0.15, -0.1) is 0 Å². The molecule has 3 heteroatoms. The van der Waals surface area contributed by atoms with Crippen LogP contribution in [-0.2, 0) is 4.79 Å². The molecule has 0 rings (SSSR count). The summed E-state index contributed by atoms with van der Waals surface area (Å²) in [7, 11) is 0. The second-order valence-electron chi connectivity index (χ2n) is 2.80. The summed E-state index contributed by atoms with van der Waals surface area (Å²) in [6, 6.07) is 0. The zero-order valence-electron chi connectivity index (χ0n) is 6.35. The van der Waals surface area contributed by atoms with Crippen LogP contribution in [-0.4, -0.2) is 18.3 Å². The molecule has 0 amide bonds. The molecule has 0 fully saturated rings. The fourth-order valence-electron chi connectivity index (χ4n) is 0.624. The van der Waals surface area contributed by atoms with Gasteiger partial charge >= 0.3 is 0 Å². The lowest BCUT2D eigenvalue weighted by Crippen LogP contribution is -2.11. The molecule has 0 unspecified atom stereocenters. The normalized spacial score (nSPS) is 10.7. The number of isocyanates is 1. The Labute approximate surface area is 60.2 Å². The van der Waals surface area contributed by atoms with Crippen molar-refractivity contribution in [2.45, 2.75) is 32.4 Å². The first-order valence-electron chi connectivity index (χ1n) is 3.29. The van der Waals surface area contributed by atoms with Crippen molar-refractivity contribution in [1.29, 1.82) is 0 Å². The molecule has 0 bridgehead atoms. The molecule has 0 N–H and O–H groups in total. The van der Waals surface area contributed by atoms with Gasteiger partial charge < -0.3 is 0 Å². The van der Waals surface area contributed by atoms with Crippen LogP contribution in [0.1, 0.15) is 26.7 Å². The average molecular weight is 145 g/mol. The predicted octanol–water partition coefficient (Wildman–Crippen LogP) is 1.85. The molecular weight excluding hydrogens is 133 g/mol. The first-order valence-corrected chi connectivity index (χ1v) is 3.29. The fraction of sp³-hybridized carbons (Fsp3) is 0.857. The monoisotopic (exact) mass is 145 g/mol. The highest BCUT2D eigenvalue weighted by Crippen LogP contribution is 2.15. The summed E-state index contributed by atoms with van der Waals surface area (Å²) in [5.74, 6) is 0. The third-order valence-corrected chi connectivity index (χ3v) is 1.11. The number of rotatable bonds is 4. The van der Waals surface area contributed by atoms with Gasteiger partial charge in [-0.25, -0.2) is 14.2 Å². The smallest absolute Gasteiger partial charge is 0.234 e. The number of alkyl halides is 1. The number of hydrogen-bond acceptors (Lipinski definition) is 2. The molecule has 0 saturated carbocycles. The molecule has 0 aromatic heterocycles. The molecule has 0 radical (unpaired) electrons. The topological polar surface area (TPSA) is 29.4 Å². The molecular formula is C7H12FNO. The Morgan fingerprint density at radius 1 is 1.60 bits per heavy atom. The van der Waals surface area contributed by atoms with E-state index in [0.717, 1.165) is 0 Å². The van der Waals surface area contributed by atoms with E-state index in [0.29, 0.717) is 19.4 Å². The van der Waals surface area contributed by atoms with E-state index in [1.165, 1.54) is 19.9 Å². The third kappa shape index (κ3) is 7.31. The van der Waals surface area contributed by atoms with Gasteiger partial charge in [-0.05, 0) is 26.7 Å². The van der Waals surface area contributed by atoms with Gasteiger partial charge in [-0.1, -0.05) is 0 Å². The SMILES string of the molecule is CC(C)(F)CCCN=C=O. The molecule has 10 heavy (non-hydrogen) atoms. The Kier molecular flexibility index (Phi) is 3.89. The number of carbonyl (C=O) groups excluding carboxylic acids is 1. The maximum Gasteiger partial charge on any atom is 0.234 e. The minimum Gasteiger partial charge on any atom is -0.245 e. The van der Waals surface area contributed by atoms with E-state index in [1.807, 2.05) is 0 Å². The Balaban J connectivity index is 3.28. The van der Waals surface area contributed by atoms with E-state index in [1.54, 1.807) is 0 Å². The Bertz CT molecular complexity index is 133. The third-order valence-electron chi connectivity index (χ3n) is 1.11. The standard InChI is InChI=1S/C7H12FNO/c1-7(2,8)4-3-5-9-6-10/h3-5H2,1-2H3. The minimum atomic E-state index is -1.14. The van der Waals surface area contributed by atoms with Gasteiger partial charge in [-0.3, -0.25) is 0 Å². The van der Waals surface area contributed by atoms with Gasteiger partial charge in [0.05, 0.1) is 6.54 Å². The van der Waals surface area contributed by atoms with Gasteiger partial charge in [0.25, 0.3) is 0 Å². The van der Waals surface area contributed by atoms with Crippen molar-refractivity contribution in [3.63, 3.8) is 0 Å². The van der Waals surface area contributed by atoms with E-state index in [2.05, 4.69) is 4.99 Å². The number of aliphatic imine (C=N–C) groups is 1. The van der Waals surface area contributed by atoms with Crippen LogP contribution >= 0.6 is 0 Å². The van der Waals surface area contributed by atoms with Crippen LogP contribution in [0.5, 0.6) is 0 Å². The lowest BCUT2D eigenvalue weighted by molar-refractivity contribution is 0.198. The van der Waals surface area contributed by atoms with Crippen molar-refractivity contribution in [3.8, 4) is 0 Å². The van der Waals surface area contributed by atoms with Crippen LogP contribution in [0.25, 0.3) is 0 Å². The number of hydrogen-bond donors (Lipinski definition) is 0. The summed E-state index contributed by atoms with van der Waals surface area (Å²) in [5, 5.41) is 0. The summed E-state index contributed by atoms with van der Waals surface area (Å²) in [5.41, 5.74) is -1.14. The van der Waals surface area contributed by atoms with Crippen molar-refractivity contribution < 1.29 is 9.18 Å². The Morgan fingerprint density at radius 2 is 2.20 bits per heavy atom. The zero-order valence-corrected chi connectivity index (χ0v) is 6.35. The molecule has 2 nitrogen and oxygen atoms in total. The van der Waals surface area contributed by atoms with E-state index >= 15 is 0 Å². The predicted molar refractivity (Wildman–Crippen MR) is 37.4 cm³/mol. The Hall–Kier alpha value is -0.690. The quantitative estimate of drug-likeness (QED) is 0.337. The molecule has 0 saturated heterocycles. The highest BCUT2D eigenvalue weighted by Gasteiger charge is 2.13. The molecule has 0 spiro atoms. The molecule has 0 aromatic rings. The first-order chi connectivity index (χ1) is 4.56. The lowest BCUT2D eigenvalue weighted by atomic mass is 10.1. The first kappa shape index (κ1) is 9.31. The summed E-state index contributed by atoms with van der Waals surface area (Å²) in [6.07, 6.45) is 2.46. The van der Waals surface area contributed by atoms with Crippen molar-refractivity contribution in [2.24, 2.45) is 4.99 Å². The zero-order chi connectivity index (χ0) is 8.04. The molecule has 0 aliphatic rings. The van der Waals surface area contributed by atoms with Crippen LogP contribution in [0.4, 0.5) is 4.39 Å². The molecule has 0 aromatic carbocycles. The van der Waals surface area contributed by atoms with Gasteiger partial charge in [-0.2, -0.15) is 0 Å². The van der Waals surface area contributed by atoms with Crippen molar-refractivity contribution in [2.75, 3.05) is 6.54 Å². The van der Waals surface area contributed by atoms with Crippen LogP contribution in [0.3, 0.4) is 0 Å². The second kappa shape index (κ2) is 4.18. The van der Waals surface area contributed by atoms with Crippen LogP contribution in [0.2, 0.25) is 0 Å². The summed E-state index contributed by atoms with van der Waals surface area (Å²) in [6.45, 7) is 3.41. The molecule has 58 valence electrons. The largest absolute Gasteiger partial charge is 0.245 e. The second-order valence-corrected chi connectivity index (χ2v) is 2.80. The molecule has 0 atom stereocenters. The maximum absolute atomic E-state index is 12.7. The average Bonchev–Trinajstić information content (AvgIpc) is 1.78. The molecule has 0 heterocycles. The van der Waals surface area contributed by atoms with E-state index in [4.69, 9.17) is 0 Å². The molecule has 0 aliphatic heterocycles. The molecule has 0 aliphatic carbocycles. The summed E-state index contributed by atoms with van der Waals surface area (Å²) in [4.78, 5) is 12.8. The Morgan fingerprint density at radius 3 is 2.60 bits per heavy atom. The van der Waals surface area contributed by atoms with Gasteiger partial charge in [0.15, 0.2) is 0 Å². The van der Waals surface area contributed by atoms with Crippen molar-refractivity contribution >= 4 is 6.08 Å². The lowest BCUT2D eigenvalue weighted by Gasteiger charge is -2.11. The fourth-order valence-corrected chi connectivity index (χ4v) is 0.624.